The number of hydrogen-bond donors (Lipinski definition) is 1. The average Bonchev–Trinajstić information content (AvgIpc) is 2.35. The molecule has 18 heavy (non-hydrogen) atoms. The van der Waals surface area contributed by atoms with Crippen molar-refractivity contribution >= 4 is 28.9 Å². The summed E-state index contributed by atoms with van der Waals surface area (Å²) < 4.78 is 18.8. The van der Waals surface area contributed by atoms with E-state index >= 15 is 0 Å². The molecule has 2 aromatic rings. The summed E-state index contributed by atoms with van der Waals surface area (Å²) in [7, 11) is 1.48. The van der Waals surface area contributed by atoms with E-state index in [1.165, 1.54) is 25.3 Å². The normalized spacial score (nSPS) is 10.4. The summed E-state index contributed by atoms with van der Waals surface area (Å²) in [5.74, 6) is 0.0297. The second kappa shape index (κ2) is 5.04. The predicted molar refractivity (Wildman–Crippen MR) is 72.8 cm³/mol. The quantitative estimate of drug-likeness (QED) is 0.831. The fraction of sp³-hybridized carbons (Fsp3) is 0.0769. The van der Waals surface area contributed by atoms with Gasteiger partial charge in [-0.3, -0.25) is 0 Å². The lowest BCUT2D eigenvalue weighted by atomic mass is 10.0. The van der Waals surface area contributed by atoms with Crippen LogP contribution in [0.4, 0.5) is 10.1 Å². The first-order valence-corrected chi connectivity index (χ1v) is 5.87. The topological polar surface area (TPSA) is 35.2 Å². The molecule has 0 atom stereocenters. The zero-order valence-electron chi connectivity index (χ0n) is 9.51. The Morgan fingerprint density at radius 1 is 1.06 bits per heavy atom. The van der Waals surface area contributed by atoms with Crippen LogP contribution in [-0.4, -0.2) is 7.11 Å². The Kier molecular flexibility index (Phi) is 3.64. The first kappa shape index (κ1) is 13.0. The van der Waals surface area contributed by atoms with Gasteiger partial charge in [0.1, 0.15) is 11.6 Å². The third-order valence-corrected chi connectivity index (χ3v) is 3.13. The van der Waals surface area contributed by atoms with Crippen molar-refractivity contribution in [3.05, 3.63) is 46.2 Å². The molecule has 0 unspecified atom stereocenters. The Bertz CT molecular complexity index is 602. The zero-order chi connectivity index (χ0) is 13.3. The number of hydrogen-bond acceptors (Lipinski definition) is 2. The van der Waals surface area contributed by atoms with Gasteiger partial charge in [-0.05, 0) is 24.3 Å². The van der Waals surface area contributed by atoms with E-state index in [0.29, 0.717) is 32.6 Å². The Morgan fingerprint density at radius 3 is 2.44 bits per heavy atom. The highest BCUT2D eigenvalue weighted by Crippen LogP contribution is 2.38. The molecule has 0 aliphatic rings. The van der Waals surface area contributed by atoms with Crippen molar-refractivity contribution in [3.8, 4) is 16.9 Å². The molecule has 0 radical (unpaired) electrons. The largest absolute Gasteiger partial charge is 0.495 e. The molecular weight excluding hydrogens is 276 g/mol. The molecule has 0 aliphatic heterocycles. The van der Waals surface area contributed by atoms with Crippen LogP contribution in [0.3, 0.4) is 0 Å². The first-order valence-electron chi connectivity index (χ1n) is 5.11. The van der Waals surface area contributed by atoms with E-state index in [-0.39, 0.29) is 0 Å². The van der Waals surface area contributed by atoms with E-state index in [4.69, 9.17) is 33.7 Å². The minimum atomic E-state index is -0.410. The lowest BCUT2D eigenvalue weighted by Crippen LogP contribution is -1.92. The second-order valence-electron chi connectivity index (χ2n) is 3.71. The van der Waals surface area contributed by atoms with Crippen molar-refractivity contribution in [2.75, 3.05) is 12.8 Å². The van der Waals surface area contributed by atoms with Crippen LogP contribution in [-0.2, 0) is 0 Å². The van der Waals surface area contributed by atoms with E-state index < -0.39 is 5.82 Å². The number of nitrogens with two attached hydrogens (primary N) is 1. The Balaban J connectivity index is 2.64. The van der Waals surface area contributed by atoms with Gasteiger partial charge in [0, 0.05) is 22.9 Å². The molecule has 0 heterocycles. The van der Waals surface area contributed by atoms with E-state index in [1.54, 1.807) is 12.1 Å². The molecule has 2 nitrogen and oxygen atoms in total. The van der Waals surface area contributed by atoms with Crippen molar-refractivity contribution in [1.82, 2.24) is 0 Å². The minimum absolute atomic E-state index is 0.310. The minimum Gasteiger partial charge on any atom is -0.495 e. The van der Waals surface area contributed by atoms with Gasteiger partial charge in [-0.25, -0.2) is 4.39 Å². The summed E-state index contributed by atoms with van der Waals surface area (Å²) in [4.78, 5) is 0. The first-order chi connectivity index (χ1) is 8.52. The fourth-order valence-electron chi connectivity index (χ4n) is 1.64. The van der Waals surface area contributed by atoms with Gasteiger partial charge < -0.3 is 10.5 Å². The van der Waals surface area contributed by atoms with Gasteiger partial charge in [-0.15, -0.1) is 0 Å². The Hall–Kier alpha value is -1.45. The molecule has 0 bridgehead atoms. The summed E-state index contributed by atoms with van der Waals surface area (Å²) in [5, 5.41) is 0.708. The van der Waals surface area contributed by atoms with Crippen LogP contribution in [0.25, 0.3) is 11.1 Å². The number of rotatable bonds is 2. The predicted octanol–water partition coefficient (Wildman–Crippen LogP) is 4.39. The summed E-state index contributed by atoms with van der Waals surface area (Å²) in [6, 6.07) is 7.39. The highest BCUT2D eigenvalue weighted by Gasteiger charge is 2.13. The maximum absolute atomic E-state index is 13.8. The van der Waals surface area contributed by atoms with Gasteiger partial charge in [0.2, 0.25) is 0 Å². The molecule has 94 valence electrons. The van der Waals surface area contributed by atoms with Crippen LogP contribution in [0.15, 0.2) is 30.3 Å². The number of nitrogen functional groups attached to an aromatic ring is 1. The Morgan fingerprint density at radius 2 is 1.78 bits per heavy atom. The van der Waals surface area contributed by atoms with Crippen LogP contribution in [0.1, 0.15) is 0 Å². The molecule has 2 N–H and O–H groups in total. The summed E-state index contributed by atoms with van der Waals surface area (Å²) >= 11 is 12.1. The van der Waals surface area contributed by atoms with Gasteiger partial charge in [0.25, 0.3) is 0 Å². The number of ether oxygens (including phenoxy) is 1. The smallest absolute Gasteiger partial charge is 0.138 e. The van der Waals surface area contributed by atoms with Gasteiger partial charge in [-0.2, -0.15) is 0 Å². The number of methoxy groups -OCH3 is 1. The second-order valence-corrected chi connectivity index (χ2v) is 4.52. The monoisotopic (exact) mass is 285 g/mol. The maximum Gasteiger partial charge on any atom is 0.138 e. The molecule has 0 spiro atoms. The molecule has 0 amide bonds. The molecule has 0 fully saturated rings. The molecule has 2 aromatic carbocycles. The van der Waals surface area contributed by atoms with E-state index in [2.05, 4.69) is 0 Å². The molecule has 2 rings (SSSR count). The highest BCUT2D eigenvalue weighted by atomic mass is 35.5. The van der Waals surface area contributed by atoms with Gasteiger partial charge in [-0.1, -0.05) is 23.2 Å². The maximum atomic E-state index is 13.8. The number of halogens is 3. The fourth-order valence-corrected chi connectivity index (χ4v) is 2.14. The lowest BCUT2D eigenvalue weighted by Gasteiger charge is -2.10. The van der Waals surface area contributed by atoms with Crippen molar-refractivity contribution in [2.24, 2.45) is 0 Å². The summed E-state index contributed by atoms with van der Waals surface area (Å²) in [6.45, 7) is 0. The van der Waals surface area contributed by atoms with E-state index in [9.17, 15) is 4.39 Å². The zero-order valence-corrected chi connectivity index (χ0v) is 11.0. The summed E-state index contributed by atoms with van der Waals surface area (Å²) in [5.41, 5.74) is 6.88. The molecule has 0 saturated carbocycles. The van der Waals surface area contributed by atoms with Crippen molar-refractivity contribution in [3.63, 3.8) is 0 Å². The van der Waals surface area contributed by atoms with Crippen LogP contribution in [0.2, 0.25) is 10.0 Å². The van der Waals surface area contributed by atoms with Crippen molar-refractivity contribution < 1.29 is 9.13 Å². The number of anilines is 1. The number of benzene rings is 2. The lowest BCUT2D eigenvalue weighted by molar-refractivity contribution is 0.415. The van der Waals surface area contributed by atoms with E-state index in [1.807, 2.05) is 0 Å². The third kappa shape index (κ3) is 2.37. The standard InChI is InChI=1S/C13H10Cl2FNO/c1-18-13-6-10(14)8(5-11(13)15)9-4-7(17)2-3-12(9)16/h2-6H,17H2,1H3. The van der Waals surface area contributed by atoms with Gasteiger partial charge in [0.15, 0.2) is 0 Å². The third-order valence-electron chi connectivity index (χ3n) is 2.52. The van der Waals surface area contributed by atoms with Crippen molar-refractivity contribution in [1.29, 1.82) is 0 Å². The Labute approximate surface area is 114 Å². The van der Waals surface area contributed by atoms with Gasteiger partial charge >= 0.3 is 0 Å². The molecule has 0 saturated heterocycles. The highest BCUT2D eigenvalue weighted by molar-refractivity contribution is 6.36. The van der Waals surface area contributed by atoms with Crippen LogP contribution < -0.4 is 10.5 Å². The summed E-state index contributed by atoms with van der Waals surface area (Å²) in [6.07, 6.45) is 0. The molecule has 5 heteroatoms. The van der Waals surface area contributed by atoms with Crippen LogP contribution in [0, 0.1) is 5.82 Å². The molecule has 0 aliphatic carbocycles. The van der Waals surface area contributed by atoms with E-state index in [0.717, 1.165) is 0 Å². The average molecular weight is 286 g/mol. The van der Waals surface area contributed by atoms with Crippen LogP contribution >= 0.6 is 23.2 Å². The molecular formula is C13H10Cl2FNO. The van der Waals surface area contributed by atoms with Crippen LogP contribution in [0.5, 0.6) is 5.75 Å². The SMILES string of the molecule is COc1cc(Cl)c(-c2cc(N)ccc2F)cc1Cl. The van der Waals surface area contributed by atoms with Crippen molar-refractivity contribution in [2.45, 2.75) is 0 Å². The molecule has 0 aromatic heterocycles. The van der Waals surface area contributed by atoms with Gasteiger partial charge in [0.05, 0.1) is 17.2 Å².